The number of carbonyl (C=O) groups excluding carboxylic acids is 1. The number of thiophene rings is 1. The third-order valence-electron chi connectivity index (χ3n) is 3.76. The number of carbonyl (C=O) groups is 1. The van der Waals surface area contributed by atoms with Crippen molar-refractivity contribution < 1.29 is 4.79 Å². The number of amides is 1. The summed E-state index contributed by atoms with van der Waals surface area (Å²) in [5.74, 6) is -0.0132. The quantitative estimate of drug-likeness (QED) is 0.772. The third kappa shape index (κ3) is 3.35. The summed E-state index contributed by atoms with van der Waals surface area (Å²) in [6.07, 6.45) is 0. The Labute approximate surface area is 143 Å². The van der Waals surface area contributed by atoms with E-state index in [9.17, 15) is 9.59 Å². The number of hydrogen-bond acceptors (Lipinski definition) is 5. The molecule has 1 aromatic carbocycles. The Morgan fingerprint density at radius 3 is 2.75 bits per heavy atom. The molecule has 6 nitrogen and oxygen atoms in total. The van der Waals surface area contributed by atoms with E-state index in [1.54, 1.807) is 35.6 Å². The number of nitrogens with one attached hydrogen (secondary N) is 1. The van der Waals surface area contributed by atoms with Gasteiger partial charge in [-0.3, -0.25) is 9.59 Å². The van der Waals surface area contributed by atoms with Crippen molar-refractivity contribution in [2.24, 2.45) is 5.92 Å². The molecule has 0 aliphatic rings. The molecule has 0 aliphatic heterocycles. The maximum atomic E-state index is 12.4. The van der Waals surface area contributed by atoms with Crippen LogP contribution in [0.5, 0.6) is 0 Å². The highest BCUT2D eigenvalue weighted by molar-refractivity contribution is 7.10. The summed E-state index contributed by atoms with van der Waals surface area (Å²) < 4.78 is 1.10. The van der Waals surface area contributed by atoms with Gasteiger partial charge in [0.2, 0.25) is 5.91 Å². The molecule has 0 saturated heterocycles. The smallest absolute Gasteiger partial charge is 0.278 e. The van der Waals surface area contributed by atoms with E-state index in [2.05, 4.69) is 15.6 Å². The third-order valence-corrected chi connectivity index (χ3v) is 4.71. The highest BCUT2D eigenvalue weighted by Gasteiger charge is 2.20. The number of fused-ring (bicyclic) bond motifs is 1. The molecule has 24 heavy (non-hydrogen) atoms. The zero-order valence-corrected chi connectivity index (χ0v) is 14.3. The lowest BCUT2D eigenvalue weighted by molar-refractivity contribution is -0.123. The Kier molecular flexibility index (Phi) is 4.71. The average molecular weight is 342 g/mol. The molecule has 0 radical (unpaired) electrons. The van der Waals surface area contributed by atoms with Gasteiger partial charge in [-0.2, -0.15) is 0 Å². The molecule has 1 atom stereocenters. The summed E-state index contributed by atoms with van der Waals surface area (Å²) in [4.78, 5) is 25.9. The van der Waals surface area contributed by atoms with Gasteiger partial charge in [0.15, 0.2) is 0 Å². The standard InChI is InChI=1S/C17H18N4O2S/c1-11(2)16(14-8-5-9-24-14)18-15(22)10-21-17(23)12-6-3-4-7-13(12)19-20-21/h3-9,11,16H,10H2,1-2H3,(H,18,22). The maximum Gasteiger partial charge on any atom is 0.278 e. The van der Waals surface area contributed by atoms with E-state index < -0.39 is 0 Å². The van der Waals surface area contributed by atoms with Crippen molar-refractivity contribution in [3.63, 3.8) is 0 Å². The van der Waals surface area contributed by atoms with E-state index in [1.165, 1.54) is 0 Å². The van der Waals surface area contributed by atoms with Gasteiger partial charge in [-0.05, 0) is 29.5 Å². The van der Waals surface area contributed by atoms with E-state index in [4.69, 9.17) is 0 Å². The molecule has 1 amide bonds. The van der Waals surface area contributed by atoms with Crippen LogP contribution < -0.4 is 10.9 Å². The molecular weight excluding hydrogens is 324 g/mol. The van der Waals surface area contributed by atoms with E-state index in [0.717, 1.165) is 9.56 Å². The maximum absolute atomic E-state index is 12.4. The Morgan fingerprint density at radius 1 is 1.25 bits per heavy atom. The summed E-state index contributed by atoms with van der Waals surface area (Å²) in [7, 11) is 0. The number of nitrogens with zero attached hydrogens (tertiary/aromatic N) is 3. The SMILES string of the molecule is CC(C)C(NC(=O)Cn1nnc2ccccc2c1=O)c1cccs1. The van der Waals surface area contributed by atoms with Crippen molar-refractivity contribution in [3.05, 3.63) is 57.0 Å². The normalized spacial score (nSPS) is 12.5. The molecule has 2 heterocycles. The van der Waals surface area contributed by atoms with Gasteiger partial charge in [0, 0.05) is 4.88 Å². The fourth-order valence-electron chi connectivity index (χ4n) is 2.52. The summed E-state index contributed by atoms with van der Waals surface area (Å²) in [5.41, 5.74) is 0.214. The molecule has 0 fully saturated rings. The van der Waals surface area contributed by atoms with E-state index in [0.29, 0.717) is 10.9 Å². The highest BCUT2D eigenvalue weighted by atomic mass is 32.1. The molecule has 0 spiro atoms. The molecular formula is C17H18N4O2S. The molecule has 2 aromatic heterocycles. The summed E-state index contributed by atoms with van der Waals surface area (Å²) in [6, 6.07) is 10.8. The lowest BCUT2D eigenvalue weighted by Crippen LogP contribution is -2.37. The lowest BCUT2D eigenvalue weighted by atomic mass is 10.0. The first-order chi connectivity index (χ1) is 11.6. The van der Waals surface area contributed by atoms with Crippen LogP contribution in [0.2, 0.25) is 0 Å². The second kappa shape index (κ2) is 6.92. The van der Waals surface area contributed by atoms with Crippen LogP contribution in [0.15, 0.2) is 46.6 Å². The zero-order valence-electron chi connectivity index (χ0n) is 13.5. The van der Waals surface area contributed by atoms with Crippen molar-refractivity contribution in [1.82, 2.24) is 20.3 Å². The largest absolute Gasteiger partial charge is 0.347 e. The number of hydrogen-bond donors (Lipinski definition) is 1. The average Bonchev–Trinajstić information content (AvgIpc) is 3.09. The van der Waals surface area contributed by atoms with Crippen molar-refractivity contribution in [1.29, 1.82) is 0 Å². The van der Waals surface area contributed by atoms with Crippen LogP contribution in [0.1, 0.15) is 24.8 Å². The molecule has 0 aliphatic carbocycles. The van der Waals surface area contributed by atoms with Gasteiger partial charge in [0.05, 0.1) is 11.4 Å². The van der Waals surface area contributed by atoms with Gasteiger partial charge in [-0.15, -0.1) is 16.4 Å². The van der Waals surface area contributed by atoms with Crippen LogP contribution in [0.3, 0.4) is 0 Å². The number of rotatable bonds is 5. The predicted octanol–water partition coefficient (Wildman–Crippen LogP) is 2.37. The summed E-state index contributed by atoms with van der Waals surface area (Å²) in [5, 5.41) is 13.3. The molecule has 0 saturated carbocycles. The van der Waals surface area contributed by atoms with E-state index in [1.807, 2.05) is 31.4 Å². The molecule has 3 aromatic rings. The molecule has 0 bridgehead atoms. The Hall–Kier alpha value is -2.54. The Morgan fingerprint density at radius 2 is 2.04 bits per heavy atom. The fraction of sp³-hybridized carbons (Fsp3) is 0.294. The monoisotopic (exact) mass is 342 g/mol. The molecule has 3 rings (SSSR count). The zero-order chi connectivity index (χ0) is 17.1. The molecule has 1 unspecified atom stereocenters. The minimum absolute atomic E-state index is 0.0818. The Bertz CT molecular complexity index is 902. The van der Waals surface area contributed by atoms with Gasteiger partial charge in [-0.25, -0.2) is 4.68 Å². The summed E-state index contributed by atoms with van der Waals surface area (Å²) in [6.45, 7) is 3.95. The fourth-order valence-corrected chi connectivity index (χ4v) is 3.47. The first-order valence-electron chi connectivity index (χ1n) is 7.71. The van der Waals surface area contributed by atoms with Crippen molar-refractivity contribution in [2.45, 2.75) is 26.4 Å². The minimum atomic E-state index is -0.312. The van der Waals surface area contributed by atoms with E-state index >= 15 is 0 Å². The Balaban J connectivity index is 1.80. The van der Waals surface area contributed by atoms with Crippen LogP contribution in [-0.2, 0) is 11.3 Å². The highest BCUT2D eigenvalue weighted by Crippen LogP contribution is 2.25. The van der Waals surface area contributed by atoms with Gasteiger partial charge in [0.25, 0.3) is 5.56 Å². The second-order valence-electron chi connectivity index (χ2n) is 5.87. The lowest BCUT2D eigenvalue weighted by Gasteiger charge is -2.21. The van der Waals surface area contributed by atoms with Crippen LogP contribution in [0.25, 0.3) is 10.9 Å². The first-order valence-corrected chi connectivity index (χ1v) is 8.59. The van der Waals surface area contributed by atoms with Crippen LogP contribution in [0, 0.1) is 5.92 Å². The van der Waals surface area contributed by atoms with Gasteiger partial charge < -0.3 is 5.32 Å². The molecule has 7 heteroatoms. The summed E-state index contributed by atoms with van der Waals surface area (Å²) >= 11 is 1.60. The van der Waals surface area contributed by atoms with Crippen LogP contribution in [0.4, 0.5) is 0 Å². The van der Waals surface area contributed by atoms with Crippen molar-refractivity contribution in [3.8, 4) is 0 Å². The van der Waals surface area contributed by atoms with Crippen LogP contribution >= 0.6 is 11.3 Å². The minimum Gasteiger partial charge on any atom is -0.347 e. The van der Waals surface area contributed by atoms with Crippen molar-refractivity contribution >= 4 is 28.1 Å². The first kappa shape index (κ1) is 16.3. The second-order valence-corrected chi connectivity index (χ2v) is 6.85. The topological polar surface area (TPSA) is 76.9 Å². The van der Waals surface area contributed by atoms with Gasteiger partial charge in [-0.1, -0.05) is 37.3 Å². The molecule has 1 N–H and O–H groups in total. The van der Waals surface area contributed by atoms with Crippen LogP contribution in [-0.4, -0.2) is 20.9 Å². The van der Waals surface area contributed by atoms with Crippen molar-refractivity contribution in [2.75, 3.05) is 0 Å². The van der Waals surface area contributed by atoms with E-state index in [-0.39, 0.29) is 30.0 Å². The molecule has 124 valence electrons. The van der Waals surface area contributed by atoms with Gasteiger partial charge >= 0.3 is 0 Å². The van der Waals surface area contributed by atoms with Gasteiger partial charge in [0.1, 0.15) is 12.1 Å². The number of benzene rings is 1. The predicted molar refractivity (Wildman–Crippen MR) is 93.8 cm³/mol. The number of aromatic nitrogens is 3.